The van der Waals surface area contributed by atoms with Gasteiger partial charge in [0, 0.05) is 4.47 Å². The fourth-order valence-corrected chi connectivity index (χ4v) is 1.59. The Labute approximate surface area is 101 Å². The van der Waals surface area contributed by atoms with Crippen LogP contribution in [0.2, 0.25) is 0 Å². The number of carbonyl (C=O) groups is 1. The molecule has 0 saturated carbocycles. The Bertz CT molecular complexity index is 507. The highest BCUT2D eigenvalue weighted by molar-refractivity contribution is 9.10. The van der Waals surface area contributed by atoms with Crippen LogP contribution in [0.25, 0.3) is 0 Å². The van der Waals surface area contributed by atoms with Crippen molar-refractivity contribution < 1.29 is 27.8 Å². The predicted octanol–water partition coefficient (Wildman–Crippen LogP) is 2.92. The van der Waals surface area contributed by atoms with E-state index in [0.717, 1.165) is 12.1 Å². The third kappa shape index (κ3) is 3.10. The second-order valence-corrected chi connectivity index (χ2v) is 3.61. The molecule has 1 N–H and O–H groups in total. The van der Waals surface area contributed by atoms with E-state index in [9.17, 15) is 18.0 Å². The van der Waals surface area contributed by atoms with Gasteiger partial charge in [0.25, 0.3) is 0 Å². The summed E-state index contributed by atoms with van der Waals surface area (Å²) in [5, 5.41) is 17.5. The van der Waals surface area contributed by atoms with Crippen LogP contribution in [0, 0.1) is 11.3 Å². The van der Waals surface area contributed by atoms with Crippen LogP contribution >= 0.6 is 15.9 Å². The summed E-state index contributed by atoms with van der Waals surface area (Å²) in [7, 11) is 0. The third-order valence-electron chi connectivity index (χ3n) is 1.67. The summed E-state index contributed by atoms with van der Waals surface area (Å²) in [5.74, 6) is -2.37. The molecule has 0 radical (unpaired) electrons. The van der Waals surface area contributed by atoms with Gasteiger partial charge in [-0.25, -0.2) is 4.79 Å². The van der Waals surface area contributed by atoms with Crippen molar-refractivity contribution >= 4 is 21.9 Å². The summed E-state index contributed by atoms with van der Waals surface area (Å²) < 4.78 is 39.6. The van der Waals surface area contributed by atoms with Gasteiger partial charge in [-0.05, 0) is 28.1 Å². The van der Waals surface area contributed by atoms with Crippen molar-refractivity contribution in [3.63, 3.8) is 0 Å². The lowest BCUT2D eigenvalue weighted by atomic mass is 10.1. The van der Waals surface area contributed by atoms with E-state index in [4.69, 9.17) is 10.4 Å². The summed E-state index contributed by atoms with van der Waals surface area (Å²) in [6, 6.07) is 3.30. The number of aromatic carboxylic acids is 1. The standard InChI is InChI=1S/C9H3BrF3NO3/c10-5-1-2-6(17-9(11,12)13)4(3-14)7(5)8(15)16/h1-2H,(H,15,16). The topological polar surface area (TPSA) is 70.3 Å². The Balaban J connectivity index is 3.40. The first-order chi connectivity index (χ1) is 7.76. The number of nitrogens with zero attached hydrogens (tertiary/aromatic N) is 1. The minimum Gasteiger partial charge on any atom is -0.478 e. The number of benzene rings is 1. The lowest BCUT2D eigenvalue weighted by Crippen LogP contribution is -2.18. The van der Waals surface area contributed by atoms with Gasteiger partial charge in [-0.1, -0.05) is 0 Å². The molecule has 0 atom stereocenters. The minimum absolute atomic E-state index is 0.00363. The van der Waals surface area contributed by atoms with Crippen molar-refractivity contribution in [2.75, 3.05) is 0 Å². The van der Waals surface area contributed by atoms with E-state index in [2.05, 4.69) is 20.7 Å². The third-order valence-corrected chi connectivity index (χ3v) is 2.33. The molecule has 17 heavy (non-hydrogen) atoms. The van der Waals surface area contributed by atoms with Gasteiger partial charge in [-0.2, -0.15) is 5.26 Å². The molecule has 0 unspecified atom stereocenters. The van der Waals surface area contributed by atoms with Crippen LogP contribution < -0.4 is 4.74 Å². The quantitative estimate of drug-likeness (QED) is 0.912. The molecule has 1 aromatic carbocycles. The summed E-state index contributed by atoms with van der Waals surface area (Å²) >= 11 is 2.83. The molecule has 0 aromatic heterocycles. The zero-order valence-electron chi connectivity index (χ0n) is 7.88. The minimum atomic E-state index is -4.99. The van der Waals surface area contributed by atoms with E-state index in [1.165, 1.54) is 6.07 Å². The number of carboxylic acid groups (broad SMARTS) is 1. The summed E-state index contributed by atoms with van der Waals surface area (Å²) in [4.78, 5) is 10.8. The summed E-state index contributed by atoms with van der Waals surface area (Å²) in [5.41, 5.74) is -1.27. The van der Waals surface area contributed by atoms with Gasteiger partial charge in [-0.15, -0.1) is 13.2 Å². The van der Waals surface area contributed by atoms with E-state index in [-0.39, 0.29) is 4.47 Å². The number of hydrogen-bond donors (Lipinski definition) is 1. The van der Waals surface area contributed by atoms with Crippen molar-refractivity contribution in [3.8, 4) is 11.8 Å². The van der Waals surface area contributed by atoms with Crippen LogP contribution in [0.1, 0.15) is 15.9 Å². The van der Waals surface area contributed by atoms with Crippen LogP contribution in [0.5, 0.6) is 5.75 Å². The molecule has 0 spiro atoms. The van der Waals surface area contributed by atoms with Gasteiger partial charge in [0.15, 0.2) is 0 Å². The number of halogens is 4. The lowest BCUT2D eigenvalue weighted by Gasteiger charge is -2.12. The summed E-state index contributed by atoms with van der Waals surface area (Å²) in [6.07, 6.45) is -4.99. The smallest absolute Gasteiger partial charge is 0.478 e. The second kappa shape index (κ2) is 4.63. The molecule has 8 heteroatoms. The Morgan fingerprint density at radius 3 is 2.47 bits per heavy atom. The molecule has 90 valence electrons. The van der Waals surface area contributed by atoms with Crippen molar-refractivity contribution in [1.82, 2.24) is 0 Å². The molecular weight excluding hydrogens is 307 g/mol. The van der Waals surface area contributed by atoms with E-state index in [1.807, 2.05) is 0 Å². The van der Waals surface area contributed by atoms with Crippen molar-refractivity contribution in [2.45, 2.75) is 6.36 Å². The number of alkyl halides is 3. The van der Waals surface area contributed by atoms with Gasteiger partial charge >= 0.3 is 12.3 Å². The molecule has 0 amide bonds. The van der Waals surface area contributed by atoms with Crippen LogP contribution in [0.15, 0.2) is 16.6 Å². The molecule has 0 saturated heterocycles. The zero-order valence-corrected chi connectivity index (χ0v) is 9.46. The highest BCUT2D eigenvalue weighted by atomic mass is 79.9. The maximum atomic E-state index is 12.0. The monoisotopic (exact) mass is 309 g/mol. The van der Waals surface area contributed by atoms with Crippen LogP contribution in [0.3, 0.4) is 0 Å². The fourth-order valence-electron chi connectivity index (χ4n) is 1.09. The molecule has 0 aliphatic heterocycles. The second-order valence-electron chi connectivity index (χ2n) is 2.76. The maximum Gasteiger partial charge on any atom is 0.573 e. The number of carboxylic acids is 1. The van der Waals surface area contributed by atoms with Gasteiger partial charge in [0.2, 0.25) is 0 Å². The van der Waals surface area contributed by atoms with Crippen molar-refractivity contribution in [3.05, 3.63) is 27.7 Å². The molecule has 0 heterocycles. The molecule has 1 aromatic rings. The van der Waals surface area contributed by atoms with Crippen LogP contribution in [-0.2, 0) is 0 Å². The Kier molecular flexibility index (Phi) is 3.63. The van der Waals surface area contributed by atoms with Gasteiger partial charge < -0.3 is 9.84 Å². The predicted molar refractivity (Wildman–Crippen MR) is 52.5 cm³/mol. The maximum absolute atomic E-state index is 12.0. The summed E-state index contributed by atoms with van der Waals surface area (Å²) in [6.45, 7) is 0. The van der Waals surface area contributed by atoms with Crippen molar-refractivity contribution in [1.29, 1.82) is 5.26 Å². The van der Waals surface area contributed by atoms with Crippen LogP contribution in [-0.4, -0.2) is 17.4 Å². The Morgan fingerprint density at radius 2 is 2.06 bits per heavy atom. The van der Waals surface area contributed by atoms with Gasteiger partial charge in [0.1, 0.15) is 17.4 Å². The van der Waals surface area contributed by atoms with Crippen LogP contribution in [0.4, 0.5) is 13.2 Å². The van der Waals surface area contributed by atoms with E-state index >= 15 is 0 Å². The fraction of sp³-hybridized carbons (Fsp3) is 0.111. The SMILES string of the molecule is N#Cc1c(OC(F)(F)F)ccc(Br)c1C(=O)O. The largest absolute Gasteiger partial charge is 0.573 e. The lowest BCUT2D eigenvalue weighted by molar-refractivity contribution is -0.274. The normalized spacial score (nSPS) is 10.8. The first-order valence-electron chi connectivity index (χ1n) is 3.98. The van der Waals surface area contributed by atoms with E-state index in [1.54, 1.807) is 0 Å². The molecule has 0 fully saturated rings. The number of ether oxygens (including phenoxy) is 1. The highest BCUT2D eigenvalue weighted by Crippen LogP contribution is 2.32. The molecule has 0 aliphatic carbocycles. The van der Waals surface area contributed by atoms with E-state index < -0.39 is 29.2 Å². The molecule has 0 aliphatic rings. The highest BCUT2D eigenvalue weighted by Gasteiger charge is 2.33. The molecule has 1 rings (SSSR count). The first-order valence-corrected chi connectivity index (χ1v) is 4.77. The molecule has 4 nitrogen and oxygen atoms in total. The van der Waals surface area contributed by atoms with Crippen molar-refractivity contribution in [2.24, 2.45) is 0 Å². The average Bonchev–Trinajstić information content (AvgIpc) is 2.17. The zero-order chi connectivity index (χ0) is 13.2. The first kappa shape index (κ1) is 13.3. The average molecular weight is 310 g/mol. The number of nitriles is 1. The number of hydrogen-bond acceptors (Lipinski definition) is 3. The van der Waals surface area contributed by atoms with Gasteiger partial charge in [0.05, 0.1) is 5.56 Å². The molecule has 0 bridgehead atoms. The van der Waals surface area contributed by atoms with E-state index in [0.29, 0.717) is 0 Å². The molecular formula is C9H3BrF3NO3. The Hall–Kier alpha value is -1.75. The van der Waals surface area contributed by atoms with Gasteiger partial charge in [-0.3, -0.25) is 0 Å². The number of rotatable bonds is 2. The Morgan fingerprint density at radius 1 is 1.47 bits per heavy atom.